The summed E-state index contributed by atoms with van der Waals surface area (Å²) in [5.41, 5.74) is 0.215. The Morgan fingerprint density at radius 1 is 0.920 bits per heavy atom. The average molecular weight is 409 g/mol. The van der Waals surface area contributed by atoms with E-state index >= 15 is 0 Å². The number of rotatable bonds is 2. The molecule has 2 aromatic rings. The van der Waals surface area contributed by atoms with Crippen molar-refractivity contribution in [2.75, 3.05) is 26.2 Å². The summed E-state index contributed by atoms with van der Waals surface area (Å²) >= 11 is 3.17. The first kappa shape index (κ1) is 17.3. The lowest BCUT2D eigenvalue weighted by atomic mass is 10.1. The number of halogens is 1. The molecule has 8 heteroatoms. The van der Waals surface area contributed by atoms with Crippen LogP contribution in [0.4, 0.5) is 0 Å². The van der Waals surface area contributed by atoms with Crippen molar-refractivity contribution in [3.63, 3.8) is 0 Å². The number of nitrogens with zero attached hydrogens (tertiary/aromatic N) is 2. The Morgan fingerprint density at radius 2 is 1.52 bits per heavy atom. The zero-order valence-electron chi connectivity index (χ0n) is 13.3. The molecule has 3 rings (SSSR count). The Hall–Kier alpha value is -2.48. The predicted molar refractivity (Wildman–Crippen MR) is 92.6 cm³/mol. The van der Waals surface area contributed by atoms with Crippen LogP contribution in [0.15, 0.2) is 39.4 Å². The number of benzene rings is 1. The largest absolute Gasteiger partial charge is 0.508 e. The summed E-state index contributed by atoms with van der Waals surface area (Å²) in [5, 5.41) is 19.1. The highest BCUT2D eigenvalue weighted by atomic mass is 79.9. The standard InChI is InChI=1S/C17H17BrN2O5/c18-15-3-2-14(25-15)17(24)20-5-1-4-19(6-7-20)16(23)11-8-12(21)10-13(22)9-11/h2-3,8-10,21-22H,1,4-7H2. The highest BCUT2D eigenvalue weighted by Crippen LogP contribution is 2.22. The molecule has 0 radical (unpaired) electrons. The van der Waals surface area contributed by atoms with Crippen LogP contribution < -0.4 is 0 Å². The highest BCUT2D eigenvalue weighted by molar-refractivity contribution is 9.10. The quantitative estimate of drug-likeness (QED) is 0.795. The molecule has 1 aliphatic rings. The first-order valence-corrected chi connectivity index (χ1v) is 8.60. The van der Waals surface area contributed by atoms with Crippen molar-refractivity contribution >= 4 is 27.7 Å². The summed E-state index contributed by atoms with van der Waals surface area (Å²) in [6.45, 7) is 1.75. The molecule has 1 aromatic carbocycles. The Bertz CT molecular complexity index is 784. The van der Waals surface area contributed by atoms with Gasteiger partial charge in [0.15, 0.2) is 10.4 Å². The third-order valence-electron chi connectivity index (χ3n) is 4.00. The normalized spacial score (nSPS) is 15.1. The van der Waals surface area contributed by atoms with Crippen molar-refractivity contribution in [3.05, 3.63) is 46.3 Å². The zero-order chi connectivity index (χ0) is 18.0. The number of amides is 2. The van der Waals surface area contributed by atoms with Gasteiger partial charge in [-0.05, 0) is 46.6 Å². The van der Waals surface area contributed by atoms with Crippen molar-refractivity contribution in [2.24, 2.45) is 0 Å². The van der Waals surface area contributed by atoms with E-state index in [1.807, 2.05) is 0 Å². The van der Waals surface area contributed by atoms with Crippen LogP contribution in [0.1, 0.15) is 27.3 Å². The van der Waals surface area contributed by atoms with E-state index in [1.165, 1.54) is 18.2 Å². The van der Waals surface area contributed by atoms with Crippen molar-refractivity contribution < 1.29 is 24.2 Å². The van der Waals surface area contributed by atoms with Crippen LogP contribution in [-0.4, -0.2) is 58.0 Å². The molecule has 0 atom stereocenters. The van der Waals surface area contributed by atoms with E-state index in [0.29, 0.717) is 37.3 Å². The van der Waals surface area contributed by atoms with Crippen molar-refractivity contribution in [2.45, 2.75) is 6.42 Å². The van der Waals surface area contributed by atoms with Gasteiger partial charge in [0, 0.05) is 37.8 Å². The molecule has 0 bridgehead atoms. The maximum atomic E-state index is 12.6. The van der Waals surface area contributed by atoms with Crippen molar-refractivity contribution in [3.8, 4) is 11.5 Å². The Kier molecular flexibility index (Phi) is 4.98. The summed E-state index contributed by atoms with van der Waals surface area (Å²) < 4.78 is 5.79. The van der Waals surface area contributed by atoms with Gasteiger partial charge in [-0.25, -0.2) is 0 Å². The van der Waals surface area contributed by atoms with Crippen LogP contribution >= 0.6 is 15.9 Å². The second-order valence-corrected chi connectivity index (χ2v) is 6.56. The van der Waals surface area contributed by atoms with Gasteiger partial charge in [0.1, 0.15) is 11.5 Å². The topological polar surface area (TPSA) is 94.2 Å². The molecule has 2 amide bonds. The minimum Gasteiger partial charge on any atom is -0.508 e. The maximum absolute atomic E-state index is 12.6. The molecule has 0 spiro atoms. The molecule has 1 saturated heterocycles. The lowest BCUT2D eigenvalue weighted by Gasteiger charge is -2.22. The van der Waals surface area contributed by atoms with Crippen LogP contribution in [0.2, 0.25) is 0 Å². The second-order valence-electron chi connectivity index (χ2n) is 5.78. The predicted octanol–water partition coefficient (Wildman–Crippen LogP) is 2.44. The van der Waals surface area contributed by atoms with Crippen molar-refractivity contribution in [1.29, 1.82) is 0 Å². The van der Waals surface area contributed by atoms with Crippen LogP contribution in [0.25, 0.3) is 0 Å². The molecule has 7 nitrogen and oxygen atoms in total. The summed E-state index contributed by atoms with van der Waals surface area (Å²) in [7, 11) is 0. The molecule has 25 heavy (non-hydrogen) atoms. The minimum atomic E-state index is -0.291. The Labute approximate surface area is 152 Å². The molecular weight excluding hydrogens is 392 g/mol. The third-order valence-corrected chi connectivity index (χ3v) is 4.43. The van der Waals surface area contributed by atoms with Gasteiger partial charge in [-0.15, -0.1) is 0 Å². The van der Waals surface area contributed by atoms with E-state index < -0.39 is 0 Å². The molecule has 1 aromatic heterocycles. The molecular formula is C17H17BrN2O5. The van der Waals surface area contributed by atoms with Gasteiger partial charge in [0.2, 0.25) is 0 Å². The van der Waals surface area contributed by atoms with Crippen molar-refractivity contribution in [1.82, 2.24) is 9.80 Å². The number of furan rings is 1. The van der Waals surface area contributed by atoms with E-state index in [-0.39, 0.29) is 34.6 Å². The number of carbonyl (C=O) groups excluding carboxylic acids is 2. The first-order chi connectivity index (χ1) is 11.9. The summed E-state index contributed by atoms with van der Waals surface area (Å²) in [6.07, 6.45) is 0.629. The van der Waals surface area contributed by atoms with E-state index in [0.717, 1.165) is 0 Å². The van der Waals surface area contributed by atoms with E-state index in [1.54, 1.807) is 21.9 Å². The minimum absolute atomic E-state index is 0.168. The van der Waals surface area contributed by atoms with Crippen LogP contribution in [0, 0.1) is 0 Å². The smallest absolute Gasteiger partial charge is 0.289 e. The van der Waals surface area contributed by atoms with Gasteiger partial charge in [0.25, 0.3) is 11.8 Å². The lowest BCUT2D eigenvalue weighted by Crippen LogP contribution is -2.37. The molecule has 0 saturated carbocycles. The Balaban J connectivity index is 1.68. The van der Waals surface area contributed by atoms with Gasteiger partial charge >= 0.3 is 0 Å². The van der Waals surface area contributed by atoms with Gasteiger partial charge in [-0.1, -0.05) is 0 Å². The van der Waals surface area contributed by atoms with E-state index in [9.17, 15) is 19.8 Å². The van der Waals surface area contributed by atoms with Crippen LogP contribution in [-0.2, 0) is 0 Å². The molecule has 2 heterocycles. The SMILES string of the molecule is O=C(c1cc(O)cc(O)c1)N1CCCN(C(=O)c2ccc(Br)o2)CC1. The number of hydrogen-bond acceptors (Lipinski definition) is 5. The molecule has 132 valence electrons. The number of carbonyl (C=O) groups is 2. The first-order valence-electron chi connectivity index (χ1n) is 7.81. The maximum Gasteiger partial charge on any atom is 0.289 e. The Morgan fingerprint density at radius 3 is 2.08 bits per heavy atom. The molecule has 0 unspecified atom stereocenters. The second kappa shape index (κ2) is 7.18. The fourth-order valence-corrected chi connectivity index (χ4v) is 3.12. The molecule has 1 fully saturated rings. The molecule has 0 aliphatic carbocycles. The molecule has 1 aliphatic heterocycles. The average Bonchev–Trinajstić information content (AvgIpc) is 2.85. The summed E-state index contributed by atoms with van der Waals surface area (Å²) in [5.74, 6) is -0.586. The number of hydrogen-bond donors (Lipinski definition) is 2. The lowest BCUT2D eigenvalue weighted by molar-refractivity contribution is 0.0699. The van der Waals surface area contributed by atoms with Gasteiger partial charge in [0.05, 0.1) is 0 Å². The zero-order valence-corrected chi connectivity index (χ0v) is 14.9. The molecule has 2 N–H and O–H groups in total. The van der Waals surface area contributed by atoms with E-state index in [2.05, 4.69) is 15.9 Å². The monoisotopic (exact) mass is 408 g/mol. The number of aromatic hydroxyl groups is 2. The summed E-state index contributed by atoms with van der Waals surface area (Å²) in [6, 6.07) is 7.07. The van der Waals surface area contributed by atoms with Gasteiger partial charge in [-0.2, -0.15) is 0 Å². The summed E-state index contributed by atoms with van der Waals surface area (Å²) in [4.78, 5) is 28.3. The fraction of sp³-hybridized carbons (Fsp3) is 0.294. The van der Waals surface area contributed by atoms with E-state index in [4.69, 9.17) is 4.42 Å². The number of phenols is 2. The number of phenolic OH excluding ortho intramolecular Hbond substituents is 2. The highest BCUT2D eigenvalue weighted by Gasteiger charge is 2.25. The van der Waals surface area contributed by atoms with Gasteiger partial charge in [-0.3, -0.25) is 9.59 Å². The van der Waals surface area contributed by atoms with Crippen LogP contribution in [0.3, 0.4) is 0 Å². The third kappa shape index (κ3) is 3.96. The fourth-order valence-electron chi connectivity index (χ4n) is 2.81. The van der Waals surface area contributed by atoms with Gasteiger partial charge < -0.3 is 24.4 Å². The van der Waals surface area contributed by atoms with Crippen LogP contribution in [0.5, 0.6) is 11.5 Å².